The van der Waals surface area contributed by atoms with E-state index in [1.807, 2.05) is 0 Å². The highest BCUT2D eigenvalue weighted by atomic mass is 32.2. The van der Waals surface area contributed by atoms with Crippen LogP contribution in [-0.4, -0.2) is 23.1 Å². The lowest BCUT2D eigenvalue weighted by Gasteiger charge is -2.30. The highest BCUT2D eigenvalue weighted by Crippen LogP contribution is 2.37. The van der Waals surface area contributed by atoms with Gasteiger partial charge in [-0.05, 0) is 55.6 Å². The minimum Gasteiger partial charge on any atom is -0.310 e. The topological polar surface area (TPSA) is 12.0 Å². The van der Waals surface area contributed by atoms with Gasteiger partial charge < -0.3 is 5.32 Å². The molecule has 2 fully saturated rings. The fourth-order valence-corrected chi connectivity index (χ4v) is 5.38. The summed E-state index contributed by atoms with van der Waals surface area (Å²) in [5, 5.41) is 4.93. The monoisotopic (exact) mass is 297 g/mol. The molecule has 0 saturated heterocycles. The predicted octanol–water partition coefficient (Wildman–Crippen LogP) is 5.25. The average Bonchev–Trinajstić information content (AvgIpc) is 2.65. The molecular weight excluding hydrogens is 262 g/mol. The van der Waals surface area contributed by atoms with Crippen molar-refractivity contribution < 1.29 is 0 Å². The molecule has 1 nitrogen and oxygen atoms in total. The van der Waals surface area contributed by atoms with E-state index >= 15 is 0 Å². The van der Waals surface area contributed by atoms with Crippen LogP contribution in [0.3, 0.4) is 0 Å². The van der Waals surface area contributed by atoms with Crippen LogP contribution in [-0.2, 0) is 0 Å². The molecule has 4 atom stereocenters. The molecule has 4 unspecified atom stereocenters. The Hall–Kier alpha value is 0.310. The molecular formula is C18H35NS. The minimum atomic E-state index is 0.503. The van der Waals surface area contributed by atoms with Crippen LogP contribution in [0.1, 0.15) is 79.1 Å². The van der Waals surface area contributed by atoms with Gasteiger partial charge in [-0.25, -0.2) is 0 Å². The van der Waals surface area contributed by atoms with Crippen LogP contribution in [0.2, 0.25) is 0 Å². The second-order valence-corrected chi connectivity index (χ2v) is 9.48. The zero-order chi connectivity index (χ0) is 14.6. The molecule has 0 radical (unpaired) electrons. The lowest BCUT2D eigenvalue weighted by Crippen LogP contribution is -2.41. The van der Waals surface area contributed by atoms with Gasteiger partial charge in [-0.1, -0.05) is 40.5 Å². The lowest BCUT2D eigenvalue weighted by molar-refractivity contribution is 0.213. The Balaban J connectivity index is 1.82. The van der Waals surface area contributed by atoms with Gasteiger partial charge in [0.25, 0.3) is 0 Å². The van der Waals surface area contributed by atoms with Crippen LogP contribution < -0.4 is 5.32 Å². The highest BCUT2D eigenvalue weighted by Gasteiger charge is 2.31. The summed E-state index contributed by atoms with van der Waals surface area (Å²) in [6.45, 7) is 9.59. The van der Waals surface area contributed by atoms with Gasteiger partial charge >= 0.3 is 0 Å². The van der Waals surface area contributed by atoms with E-state index in [-0.39, 0.29) is 0 Å². The Morgan fingerprint density at radius 2 is 1.70 bits per heavy atom. The van der Waals surface area contributed by atoms with Crippen LogP contribution in [0.5, 0.6) is 0 Å². The van der Waals surface area contributed by atoms with Crippen LogP contribution in [0.25, 0.3) is 0 Å². The maximum atomic E-state index is 4.04. The third-order valence-electron chi connectivity index (χ3n) is 5.48. The maximum absolute atomic E-state index is 4.04. The molecule has 2 aliphatic carbocycles. The molecule has 2 rings (SSSR count). The Bertz CT molecular complexity index is 284. The molecule has 0 spiro atoms. The Morgan fingerprint density at radius 1 is 0.950 bits per heavy atom. The van der Waals surface area contributed by atoms with Crippen molar-refractivity contribution in [3.05, 3.63) is 0 Å². The number of nitrogens with one attached hydrogen (secondary N) is 1. The van der Waals surface area contributed by atoms with Crippen molar-refractivity contribution in [1.82, 2.24) is 5.32 Å². The summed E-state index contributed by atoms with van der Waals surface area (Å²) in [7, 11) is 0. The van der Waals surface area contributed by atoms with Gasteiger partial charge in [0.05, 0.1) is 0 Å². The van der Waals surface area contributed by atoms with Gasteiger partial charge in [-0.3, -0.25) is 0 Å². The van der Waals surface area contributed by atoms with Crippen LogP contribution in [0.4, 0.5) is 0 Å². The van der Waals surface area contributed by atoms with Gasteiger partial charge in [0.2, 0.25) is 0 Å². The number of rotatable bonds is 4. The molecule has 0 aromatic heterocycles. The van der Waals surface area contributed by atoms with Crippen molar-refractivity contribution in [1.29, 1.82) is 0 Å². The molecule has 2 heteroatoms. The first-order valence-electron chi connectivity index (χ1n) is 8.88. The minimum absolute atomic E-state index is 0.503. The third kappa shape index (κ3) is 4.66. The third-order valence-corrected chi connectivity index (χ3v) is 6.80. The summed E-state index contributed by atoms with van der Waals surface area (Å²) in [6, 6.07) is 1.60. The first kappa shape index (κ1) is 16.7. The SMILES string of the molecule is CCSC1CCCC1NC1CCCC(C(C)(C)C)CC1. The zero-order valence-electron chi connectivity index (χ0n) is 14.1. The van der Waals surface area contributed by atoms with E-state index in [4.69, 9.17) is 0 Å². The van der Waals surface area contributed by atoms with Crippen molar-refractivity contribution in [3.8, 4) is 0 Å². The van der Waals surface area contributed by atoms with E-state index in [0.29, 0.717) is 5.41 Å². The Morgan fingerprint density at radius 3 is 2.40 bits per heavy atom. The Labute approximate surface area is 131 Å². The molecule has 0 aliphatic heterocycles. The van der Waals surface area contributed by atoms with Gasteiger partial charge in [-0.2, -0.15) is 11.8 Å². The smallest absolute Gasteiger partial charge is 0.0201 e. The van der Waals surface area contributed by atoms with Crippen LogP contribution >= 0.6 is 11.8 Å². The normalized spacial score (nSPS) is 36.0. The van der Waals surface area contributed by atoms with E-state index in [0.717, 1.165) is 23.3 Å². The molecule has 0 aromatic rings. The summed E-state index contributed by atoms with van der Waals surface area (Å²) in [5.41, 5.74) is 0.503. The summed E-state index contributed by atoms with van der Waals surface area (Å²) >= 11 is 2.18. The largest absolute Gasteiger partial charge is 0.310 e. The van der Waals surface area contributed by atoms with Crippen LogP contribution in [0.15, 0.2) is 0 Å². The molecule has 1 N–H and O–H groups in total. The molecule has 118 valence electrons. The fraction of sp³-hybridized carbons (Fsp3) is 1.00. The molecule has 0 bridgehead atoms. The quantitative estimate of drug-likeness (QED) is 0.712. The van der Waals surface area contributed by atoms with E-state index in [2.05, 4.69) is 44.8 Å². The van der Waals surface area contributed by atoms with Gasteiger partial charge in [0.1, 0.15) is 0 Å². The van der Waals surface area contributed by atoms with Crippen molar-refractivity contribution in [2.24, 2.45) is 11.3 Å². The fourth-order valence-electron chi connectivity index (χ4n) is 4.17. The van der Waals surface area contributed by atoms with E-state index in [1.54, 1.807) is 0 Å². The molecule has 2 saturated carbocycles. The molecule has 0 amide bonds. The first-order chi connectivity index (χ1) is 9.50. The maximum Gasteiger partial charge on any atom is 0.0201 e. The number of hydrogen-bond donors (Lipinski definition) is 1. The van der Waals surface area contributed by atoms with Gasteiger partial charge in [0.15, 0.2) is 0 Å². The summed E-state index contributed by atoms with van der Waals surface area (Å²) in [5.74, 6) is 2.21. The standard InChI is InChI=1S/C18H35NS/c1-5-20-17-11-7-10-16(17)19-15-9-6-8-14(12-13-15)18(2,3)4/h14-17,19H,5-13H2,1-4H3. The average molecular weight is 298 g/mol. The second kappa shape index (κ2) is 7.54. The van der Waals surface area contributed by atoms with Crippen molar-refractivity contribution in [2.75, 3.05) is 5.75 Å². The van der Waals surface area contributed by atoms with E-state index in [9.17, 15) is 0 Å². The van der Waals surface area contributed by atoms with Crippen molar-refractivity contribution >= 4 is 11.8 Å². The van der Waals surface area contributed by atoms with E-state index in [1.165, 1.54) is 57.1 Å². The predicted molar refractivity (Wildman–Crippen MR) is 92.5 cm³/mol. The first-order valence-corrected chi connectivity index (χ1v) is 9.93. The van der Waals surface area contributed by atoms with Crippen molar-refractivity contribution in [2.45, 2.75) is 96.4 Å². The zero-order valence-corrected chi connectivity index (χ0v) is 14.9. The number of thioether (sulfide) groups is 1. The van der Waals surface area contributed by atoms with Gasteiger partial charge in [-0.15, -0.1) is 0 Å². The molecule has 20 heavy (non-hydrogen) atoms. The summed E-state index contributed by atoms with van der Waals surface area (Å²) in [4.78, 5) is 0. The second-order valence-electron chi connectivity index (χ2n) is 7.97. The van der Waals surface area contributed by atoms with E-state index < -0.39 is 0 Å². The highest BCUT2D eigenvalue weighted by molar-refractivity contribution is 7.99. The summed E-state index contributed by atoms with van der Waals surface area (Å²) in [6.07, 6.45) is 11.4. The molecule has 2 aliphatic rings. The lowest BCUT2D eigenvalue weighted by atomic mass is 9.76. The summed E-state index contributed by atoms with van der Waals surface area (Å²) < 4.78 is 0. The van der Waals surface area contributed by atoms with Gasteiger partial charge in [0, 0.05) is 17.3 Å². The number of hydrogen-bond acceptors (Lipinski definition) is 2. The Kier molecular flexibility index (Phi) is 6.28. The molecule has 0 heterocycles. The van der Waals surface area contributed by atoms with Crippen LogP contribution in [0, 0.1) is 11.3 Å². The molecule has 0 aromatic carbocycles. The van der Waals surface area contributed by atoms with Crippen molar-refractivity contribution in [3.63, 3.8) is 0 Å².